The van der Waals surface area contributed by atoms with Crippen LogP contribution in [0.3, 0.4) is 0 Å². The molecule has 5 heteroatoms. The van der Waals surface area contributed by atoms with Crippen LogP contribution in [0, 0.1) is 0 Å². The molecule has 0 saturated carbocycles. The molecule has 0 aliphatic heterocycles. The first-order chi connectivity index (χ1) is 5.66. The van der Waals surface area contributed by atoms with Crippen LogP contribution in [0.25, 0.3) is 0 Å². The molecule has 1 rings (SSSR count). The third-order valence-corrected chi connectivity index (χ3v) is 2.15. The van der Waals surface area contributed by atoms with E-state index in [9.17, 15) is 8.78 Å². The lowest BCUT2D eigenvalue weighted by atomic mass is 10.2. The van der Waals surface area contributed by atoms with Crippen molar-refractivity contribution in [3.8, 4) is 0 Å². The van der Waals surface area contributed by atoms with Crippen molar-refractivity contribution >= 4 is 15.9 Å². The van der Waals surface area contributed by atoms with Gasteiger partial charge in [-0.3, -0.25) is 0 Å². The highest BCUT2D eigenvalue weighted by Crippen LogP contribution is 2.28. The van der Waals surface area contributed by atoms with Gasteiger partial charge in [-0.2, -0.15) is 0 Å². The summed E-state index contributed by atoms with van der Waals surface area (Å²) < 4.78 is 30.0. The van der Waals surface area contributed by atoms with Gasteiger partial charge in [0, 0.05) is 0 Å². The van der Waals surface area contributed by atoms with E-state index in [0.29, 0.717) is 4.47 Å². The SMILES string of the molecule is CNC(c1occc1Br)C(F)F. The lowest BCUT2D eigenvalue weighted by Gasteiger charge is -2.12. The first-order valence-electron chi connectivity index (χ1n) is 3.35. The van der Waals surface area contributed by atoms with Gasteiger partial charge in [-0.25, -0.2) is 8.78 Å². The van der Waals surface area contributed by atoms with Crippen LogP contribution in [-0.4, -0.2) is 13.5 Å². The molecule has 0 radical (unpaired) electrons. The van der Waals surface area contributed by atoms with Crippen LogP contribution in [0.2, 0.25) is 0 Å². The van der Waals surface area contributed by atoms with Crippen molar-refractivity contribution < 1.29 is 13.2 Å². The van der Waals surface area contributed by atoms with Crippen LogP contribution >= 0.6 is 15.9 Å². The van der Waals surface area contributed by atoms with Gasteiger partial charge < -0.3 is 9.73 Å². The molecule has 1 aromatic rings. The number of rotatable bonds is 3. The molecule has 0 aromatic carbocycles. The Morgan fingerprint density at radius 1 is 1.58 bits per heavy atom. The molecule has 68 valence electrons. The number of hydrogen-bond donors (Lipinski definition) is 1. The highest BCUT2D eigenvalue weighted by atomic mass is 79.9. The normalized spacial score (nSPS) is 13.8. The zero-order valence-corrected chi connectivity index (χ0v) is 7.94. The molecule has 0 amide bonds. The summed E-state index contributed by atoms with van der Waals surface area (Å²) in [5, 5.41) is 2.47. The summed E-state index contributed by atoms with van der Waals surface area (Å²) in [6, 6.07) is 0.538. The van der Waals surface area contributed by atoms with Gasteiger partial charge in [-0.05, 0) is 29.0 Å². The highest BCUT2D eigenvalue weighted by Gasteiger charge is 2.25. The molecule has 1 atom stereocenters. The smallest absolute Gasteiger partial charge is 0.260 e. The quantitative estimate of drug-likeness (QED) is 0.878. The first-order valence-corrected chi connectivity index (χ1v) is 4.14. The Labute approximate surface area is 77.1 Å². The molecule has 0 aliphatic rings. The Bertz CT molecular complexity index is 251. The Hall–Kier alpha value is -0.420. The van der Waals surface area contributed by atoms with Crippen LogP contribution < -0.4 is 5.32 Å². The summed E-state index contributed by atoms with van der Waals surface area (Å²) in [6.07, 6.45) is -1.11. The number of nitrogens with one attached hydrogen (secondary N) is 1. The van der Waals surface area contributed by atoms with E-state index < -0.39 is 12.5 Å². The Morgan fingerprint density at radius 2 is 2.25 bits per heavy atom. The van der Waals surface area contributed by atoms with Crippen molar-refractivity contribution in [2.45, 2.75) is 12.5 Å². The third kappa shape index (κ3) is 1.84. The van der Waals surface area contributed by atoms with Crippen molar-refractivity contribution in [2.75, 3.05) is 7.05 Å². The van der Waals surface area contributed by atoms with Gasteiger partial charge in [0.05, 0.1) is 10.7 Å². The van der Waals surface area contributed by atoms with Gasteiger partial charge in [0.25, 0.3) is 6.43 Å². The predicted molar refractivity (Wildman–Crippen MR) is 44.2 cm³/mol. The maximum atomic E-state index is 12.3. The Balaban J connectivity index is 2.87. The standard InChI is InChI=1S/C7H8BrF2NO/c1-11-5(7(9)10)6-4(8)2-3-12-6/h2-3,5,7,11H,1H3. The fourth-order valence-corrected chi connectivity index (χ4v) is 1.35. The Morgan fingerprint density at radius 3 is 2.58 bits per heavy atom. The largest absolute Gasteiger partial charge is 0.466 e. The minimum Gasteiger partial charge on any atom is -0.466 e. The maximum Gasteiger partial charge on any atom is 0.260 e. The zero-order valence-electron chi connectivity index (χ0n) is 6.35. The molecule has 1 unspecified atom stereocenters. The van der Waals surface area contributed by atoms with Gasteiger partial charge in [0.1, 0.15) is 11.8 Å². The van der Waals surface area contributed by atoms with Gasteiger partial charge >= 0.3 is 0 Å². The molecule has 2 nitrogen and oxygen atoms in total. The van der Waals surface area contributed by atoms with Crippen molar-refractivity contribution in [1.29, 1.82) is 0 Å². The second-order valence-corrected chi connectivity index (χ2v) is 3.09. The number of furan rings is 1. The number of halogens is 3. The summed E-state index contributed by atoms with van der Waals surface area (Å²) in [5.74, 6) is 0.229. The summed E-state index contributed by atoms with van der Waals surface area (Å²) in [6.45, 7) is 0. The molecular weight excluding hydrogens is 232 g/mol. The molecule has 0 aliphatic carbocycles. The topological polar surface area (TPSA) is 25.2 Å². The van der Waals surface area contributed by atoms with Gasteiger partial charge in [0.2, 0.25) is 0 Å². The average Bonchev–Trinajstić information content (AvgIpc) is 2.38. The van der Waals surface area contributed by atoms with Gasteiger partial charge in [0.15, 0.2) is 0 Å². The van der Waals surface area contributed by atoms with Crippen molar-refractivity contribution in [2.24, 2.45) is 0 Å². The molecule has 1 N–H and O–H groups in total. The molecular formula is C7H8BrF2NO. The van der Waals surface area contributed by atoms with E-state index in [1.54, 1.807) is 6.07 Å². The predicted octanol–water partition coefficient (Wildman–Crippen LogP) is 2.57. The lowest BCUT2D eigenvalue weighted by molar-refractivity contribution is 0.0915. The minimum absolute atomic E-state index is 0.229. The van der Waals surface area contributed by atoms with Crippen molar-refractivity contribution in [3.63, 3.8) is 0 Å². The lowest BCUT2D eigenvalue weighted by Crippen LogP contribution is -2.23. The number of alkyl halides is 2. The highest BCUT2D eigenvalue weighted by molar-refractivity contribution is 9.10. The number of hydrogen-bond acceptors (Lipinski definition) is 2. The third-order valence-electron chi connectivity index (χ3n) is 1.49. The maximum absolute atomic E-state index is 12.3. The van der Waals surface area contributed by atoms with Crippen molar-refractivity contribution in [3.05, 3.63) is 22.6 Å². The summed E-state index contributed by atoms with van der Waals surface area (Å²) in [4.78, 5) is 0. The second-order valence-electron chi connectivity index (χ2n) is 2.23. The van der Waals surface area contributed by atoms with Gasteiger partial charge in [-0.1, -0.05) is 0 Å². The molecule has 0 fully saturated rings. The fourth-order valence-electron chi connectivity index (χ4n) is 0.899. The molecule has 0 saturated heterocycles. The Kier molecular flexibility index (Phi) is 3.22. The van der Waals surface area contributed by atoms with Crippen LogP contribution in [0.4, 0.5) is 8.78 Å². The van der Waals surface area contributed by atoms with Crippen LogP contribution in [0.5, 0.6) is 0 Å². The van der Waals surface area contributed by atoms with E-state index in [4.69, 9.17) is 4.42 Å². The molecule has 12 heavy (non-hydrogen) atoms. The summed E-state index contributed by atoms with van der Waals surface area (Å²) in [5.41, 5.74) is 0. The molecule has 1 aromatic heterocycles. The zero-order chi connectivity index (χ0) is 9.14. The van der Waals surface area contributed by atoms with E-state index in [0.717, 1.165) is 0 Å². The minimum atomic E-state index is -2.47. The monoisotopic (exact) mass is 239 g/mol. The fraction of sp³-hybridized carbons (Fsp3) is 0.429. The van der Waals surface area contributed by atoms with Crippen LogP contribution in [0.15, 0.2) is 21.2 Å². The molecule has 1 heterocycles. The van der Waals surface area contributed by atoms with E-state index in [1.165, 1.54) is 13.3 Å². The molecule has 0 spiro atoms. The van der Waals surface area contributed by atoms with Crippen LogP contribution in [0.1, 0.15) is 11.8 Å². The average molecular weight is 240 g/mol. The molecule has 0 bridgehead atoms. The van der Waals surface area contributed by atoms with Gasteiger partial charge in [-0.15, -0.1) is 0 Å². The van der Waals surface area contributed by atoms with Crippen molar-refractivity contribution in [1.82, 2.24) is 5.32 Å². The van der Waals surface area contributed by atoms with E-state index in [1.807, 2.05) is 0 Å². The van der Waals surface area contributed by atoms with E-state index in [2.05, 4.69) is 21.2 Å². The second kappa shape index (κ2) is 4.00. The van der Waals surface area contributed by atoms with E-state index >= 15 is 0 Å². The first kappa shape index (κ1) is 9.67. The summed E-state index contributed by atoms with van der Waals surface area (Å²) in [7, 11) is 1.46. The van der Waals surface area contributed by atoms with Crippen LogP contribution in [-0.2, 0) is 0 Å². The van der Waals surface area contributed by atoms with E-state index in [-0.39, 0.29) is 5.76 Å². The summed E-state index contributed by atoms with van der Waals surface area (Å²) >= 11 is 3.11.